The molecule has 0 aliphatic rings. The van der Waals surface area contributed by atoms with Gasteiger partial charge in [0.05, 0.1) is 11.5 Å². The Morgan fingerprint density at radius 2 is 1.75 bits per heavy atom. The van der Waals surface area contributed by atoms with Crippen LogP contribution in [0.1, 0.15) is 24.2 Å². The van der Waals surface area contributed by atoms with Crippen molar-refractivity contribution >= 4 is 27.8 Å². The summed E-state index contributed by atoms with van der Waals surface area (Å²) in [6.45, 7) is 2.75. The summed E-state index contributed by atoms with van der Waals surface area (Å²) >= 11 is 3.24. The van der Waals surface area contributed by atoms with Crippen LogP contribution in [0.15, 0.2) is 28.7 Å². The molecular formula is C11H11BrNO3-. The molecule has 0 unspecified atom stereocenters. The summed E-state index contributed by atoms with van der Waals surface area (Å²) in [6.07, 6.45) is 0. The van der Waals surface area contributed by atoms with Crippen molar-refractivity contribution in [1.82, 2.24) is 5.32 Å². The van der Waals surface area contributed by atoms with Gasteiger partial charge in [-0.05, 0) is 38.1 Å². The fraction of sp³-hybridized carbons (Fsp3) is 0.273. The minimum Gasteiger partial charge on any atom is -0.548 e. The molecule has 0 atom stereocenters. The van der Waals surface area contributed by atoms with E-state index in [1.807, 2.05) is 0 Å². The smallest absolute Gasteiger partial charge is 0.251 e. The normalized spacial score (nSPS) is 10.9. The zero-order chi connectivity index (χ0) is 12.3. The predicted octanol–water partition coefficient (Wildman–Crippen LogP) is 0.707. The Hall–Kier alpha value is -1.36. The first-order chi connectivity index (χ1) is 7.33. The molecule has 0 aliphatic carbocycles. The van der Waals surface area contributed by atoms with Gasteiger partial charge in [0.15, 0.2) is 0 Å². The third-order valence-corrected chi connectivity index (χ3v) is 2.57. The summed E-state index contributed by atoms with van der Waals surface area (Å²) in [5.74, 6) is -1.76. The molecule has 0 fully saturated rings. The third kappa shape index (κ3) is 3.06. The lowest BCUT2D eigenvalue weighted by Gasteiger charge is -2.27. The van der Waals surface area contributed by atoms with Gasteiger partial charge in [-0.25, -0.2) is 0 Å². The van der Waals surface area contributed by atoms with Gasteiger partial charge in [-0.2, -0.15) is 0 Å². The van der Waals surface area contributed by atoms with Crippen molar-refractivity contribution < 1.29 is 14.7 Å². The van der Waals surface area contributed by atoms with Crippen LogP contribution in [0.3, 0.4) is 0 Å². The quantitative estimate of drug-likeness (QED) is 0.889. The molecule has 0 spiro atoms. The molecule has 0 heterocycles. The van der Waals surface area contributed by atoms with Crippen molar-refractivity contribution in [3.63, 3.8) is 0 Å². The van der Waals surface area contributed by atoms with Crippen LogP contribution in [0.5, 0.6) is 0 Å². The minimum atomic E-state index is -1.38. The Morgan fingerprint density at radius 3 is 2.19 bits per heavy atom. The first-order valence-electron chi connectivity index (χ1n) is 4.62. The lowest BCUT2D eigenvalue weighted by molar-refractivity contribution is -0.312. The van der Waals surface area contributed by atoms with Crippen LogP contribution >= 0.6 is 15.9 Å². The molecule has 5 heteroatoms. The number of benzene rings is 1. The second kappa shape index (κ2) is 4.65. The van der Waals surface area contributed by atoms with E-state index in [1.165, 1.54) is 13.8 Å². The SMILES string of the molecule is CC(C)(NC(=O)c1ccc(Br)cc1)C(=O)[O-]. The van der Waals surface area contributed by atoms with E-state index in [0.29, 0.717) is 5.56 Å². The number of halogens is 1. The number of hydrogen-bond donors (Lipinski definition) is 1. The largest absolute Gasteiger partial charge is 0.548 e. The van der Waals surface area contributed by atoms with Gasteiger partial charge in [0, 0.05) is 10.0 Å². The monoisotopic (exact) mass is 284 g/mol. The fourth-order valence-corrected chi connectivity index (χ4v) is 1.27. The second-order valence-corrected chi connectivity index (χ2v) is 4.79. The van der Waals surface area contributed by atoms with Crippen molar-refractivity contribution in [1.29, 1.82) is 0 Å². The highest BCUT2D eigenvalue weighted by Crippen LogP contribution is 2.11. The molecule has 0 radical (unpaired) electrons. The first kappa shape index (κ1) is 12.7. The molecule has 1 aromatic rings. The molecule has 0 aromatic heterocycles. The van der Waals surface area contributed by atoms with Gasteiger partial charge in [-0.1, -0.05) is 15.9 Å². The topological polar surface area (TPSA) is 69.2 Å². The maximum Gasteiger partial charge on any atom is 0.251 e. The predicted molar refractivity (Wildman–Crippen MR) is 60.7 cm³/mol. The number of carboxylic acid groups (broad SMARTS) is 1. The molecule has 0 saturated carbocycles. The number of hydrogen-bond acceptors (Lipinski definition) is 3. The second-order valence-electron chi connectivity index (χ2n) is 3.87. The fourth-order valence-electron chi connectivity index (χ4n) is 1.01. The lowest BCUT2D eigenvalue weighted by Crippen LogP contribution is -2.55. The Kier molecular flexibility index (Phi) is 3.70. The van der Waals surface area contributed by atoms with Crippen LogP contribution in [0.2, 0.25) is 0 Å². The van der Waals surface area contributed by atoms with E-state index in [2.05, 4.69) is 21.2 Å². The average molecular weight is 285 g/mol. The van der Waals surface area contributed by atoms with Crippen LogP contribution in [-0.4, -0.2) is 17.4 Å². The third-order valence-electron chi connectivity index (χ3n) is 2.04. The van der Waals surface area contributed by atoms with Crippen LogP contribution in [0, 0.1) is 0 Å². The van der Waals surface area contributed by atoms with Gasteiger partial charge in [0.2, 0.25) is 0 Å². The van der Waals surface area contributed by atoms with Gasteiger partial charge in [0.25, 0.3) is 5.91 Å². The van der Waals surface area contributed by atoms with E-state index in [-0.39, 0.29) is 0 Å². The Bertz CT molecular complexity index is 412. The Morgan fingerprint density at radius 1 is 1.25 bits per heavy atom. The molecule has 16 heavy (non-hydrogen) atoms. The van der Waals surface area contributed by atoms with Crippen molar-refractivity contribution in [2.75, 3.05) is 0 Å². The minimum absolute atomic E-state index is 0.400. The number of amides is 1. The summed E-state index contributed by atoms with van der Waals surface area (Å²) in [7, 11) is 0. The van der Waals surface area contributed by atoms with E-state index in [0.717, 1.165) is 4.47 Å². The van der Waals surface area contributed by atoms with Crippen molar-refractivity contribution in [2.45, 2.75) is 19.4 Å². The van der Waals surface area contributed by atoms with Gasteiger partial charge in [-0.15, -0.1) is 0 Å². The molecule has 1 aromatic carbocycles. The van der Waals surface area contributed by atoms with Crippen LogP contribution in [0.4, 0.5) is 0 Å². The number of nitrogens with one attached hydrogen (secondary N) is 1. The van der Waals surface area contributed by atoms with Crippen LogP contribution in [0.25, 0.3) is 0 Å². The van der Waals surface area contributed by atoms with Crippen molar-refractivity contribution in [3.8, 4) is 0 Å². The standard InChI is InChI=1S/C11H12BrNO3/c1-11(2,10(15)16)13-9(14)7-3-5-8(12)6-4-7/h3-6H,1-2H3,(H,13,14)(H,15,16)/p-1. The maximum absolute atomic E-state index is 11.7. The number of carboxylic acids is 1. The average Bonchev–Trinajstić information content (AvgIpc) is 2.17. The van der Waals surface area contributed by atoms with Crippen molar-refractivity contribution in [2.24, 2.45) is 0 Å². The summed E-state index contributed by atoms with van der Waals surface area (Å²) < 4.78 is 0.850. The summed E-state index contributed by atoms with van der Waals surface area (Å²) in [6, 6.07) is 6.62. The van der Waals surface area contributed by atoms with Gasteiger partial charge < -0.3 is 15.2 Å². The molecule has 1 N–H and O–H groups in total. The summed E-state index contributed by atoms with van der Waals surface area (Å²) in [5.41, 5.74) is -0.984. The Balaban J connectivity index is 2.81. The molecular weight excluding hydrogens is 274 g/mol. The number of aliphatic carboxylic acids is 1. The zero-order valence-corrected chi connectivity index (χ0v) is 10.5. The van der Waals surface area contributed by atoms with E-state index >= 15 is 0 Å². The highest BCUT2D eigenvalue weighted by Gasteiger charge is 2.22. The number of carbonyl (C=O) groups excluding carboxylic acids is 2. The molecule has 1 rings (SSSR count). The highest BCUT2D eigenvalue weighted by molar-refractivity contribution is 9.10. The zero-order valence-electron chi connectivity index (χ0n) is 8.91. The van der Waals surface area contributed by atoms with E-state index in [4.69, 9.17) is 0 Å². The molecule has 0 aliphatic heterocycles. The van der Waals surface area contributed by atoms with E-state index in [9.17, 15) is 14.7 Å². The Labute approximate surface area is 102 Å². The van der Waals surface area contributed by atoms with Gasteiger partial charge in [-0.3, -0.25) is 4.79 Å². The molecule has 86 valence electrons. The van der Waals surface area contributed by atoms with Gasteiger partial charge >= 0.3 is 0 Å². The van der Waals surface area contributed by atoms with Crippen LogP contribution < -0.4 is 10.4 Å². The maximum atomic E-state index is 11.7. The molecule has 0 bridgehead atoms. The first-order valence-corrected chi connectivity index (χ1v) is 5.42. The van der Waals surface area contributed by atoms with Crippen LogP contribution in [-0.2, 0) is 4.79 Å². The summed E-state index contributed by atoms with van der Waals surface area (Å²) in [5, 5.41) is 13.1. The van der Waals surface area contributed by atoms with Crippen molar-refractivity contribution in [3.05, 3.63) is 34.3 Å². The molecule has 0 saturated heterocycles. The van der Waals surface area contributed by atoms with E-state index < -0.39 is 17.4 Å². The molecule has 4 nitrogen and oxygen atoms in total. The highest BCUT2D eigenvalue weighted by atomic mass is 79.9. The number of rotatable bonds is 3. The molecule has 1 amide bonds. The van der Waals surface area contributed by atoms with Gasteiger partial charge in [0.1, 0.15) is 0 Å². The summed E-state index contributed by atoms with van der Waals surface area (Å²) in [4.78, 5) is 22.4. The lowest BCUT2D eigenvalue weighted by atomic mass is 10.1. The van der Waals surface area contributed by atoms with E-state index in [1.54, 1.807) is 24.3 Å². The number of carbonyl (C=O) groups is 2.